The zero-order chi connectivity index (χ0) is 16.1. The van der Waals surface area contributed by atoms with E-state index in [0.29, 0.717) is 19.6 Å². The van der Waals surface area contributed by atoms with Gasteiger partial charge in [0.25, 0.3) is 5.91 Å². The Morgan fingerprint density at radius 2 is 2.32 bits per heavy atom. The van der Waals surface area contributed by atoms with Gasteiger partial charge in [-0.1, -0.05) is 23.1 Å². The Hall–Kier alpha value is -1.91. The first-order valence-electron chi connectivity index (χ1n) is 5.99. The number of aromatic amines is 1. The number of H-pyrrole nitrogens is 1. The highest BCUT2D eigenvalue weighted by molar-refractivity contribution is 8.01. The molecule has 0 bridgehead atoms. The van der Waals surface area contributed by atoms with Crippen LogP contribution in [0.3, 0.4) is 0 Å². The van der Waals surface area contributed by atoms with E-state index in [2.05, 4.69) is 20.7 Å². The van der Waals surface area contributed by atoms with Crippen molar-refractivity contribution in [2.45, 2.75) is 11.3 Å². The lowest BCUT2D eigenvalue weighted by atomic mass is 10.1. The average molecular weight is 356 g/mol. The molecule has 0 radical (unpaired) electrons. The number of phenolic OH excluding ortho intramolecular Hbond substituents is 2. The summed E-state index contributed by atoms with van der Waals surface area (Å²) in [6.07, 6.45) is 0. The number of hydrazone groups is 1. The average Bonchev–Trinajstić information content (AvgIpc) is 2.88. The molecule has 0 atom stereocenters. The van der Waals surface area contributed by atoms with Gasteiger partial charge in [0.15, 0.2) is 8.29 Å². The number of amides is 1. The Balaban J connectivity index is 1.92. The van der Waals surface area contributed by atoms with Crippen molar-refractivity contribution >= 4 is 46.9 Å². The summed E-state index contributed by atoms with van der Waals surface area (Å²) < 4.78 is 1.23. The summed E-state index contributed by atoms with van der Waals surface area (Å²) in [5.74, 6) is -0.310. The third kappa shape index (κ3) is 4.55. The van der Waals surface area contributed by atoms with Gasteiger partial charge >= 0.3 is 0 Å². The van der Waals surface area contributed by atoms with Gasteiger partial charge in [-0.15, -0.1) is 0 Å². The van der Waals surface area contributed by atoms with Crippen LogP contribution in [0.1, 0.15) is 12.5 Å². The SMILES string of the molecule is CC(=NNC(=O)CSc1n[nH]c(=S)s1)c1ccc(O)cc1O. The molecule has 0 aliphatic heterocycles. The maximum absolute atomic E-state index is 11.7. The van der Waals surface area contributed by atoms with Crippen LogP contribution >= 0.6 is 35.3 Å². The molecule has 0 saturated carbocycles. The van der Waals surface area contributed by atoms with Crippen molar-refractivity contribution in [2.24, 2.45) is 5.10 Å². The lowest BCUT2D eigenvalue weighted by Gasteiger charge is -2.05. The van der Waals surface area contributed by atoms with E-state index in [-0.39, 0.29) is 23.2 Å². The Kier molecular flexibility index (Phi) is 5.52. The zero-order valence-corrected chi connectivity index (χ0v) is 13.8. The number of aromatic hydroxyl groups is 2. The second kappa shape index (κ2) is 7.38. The first-order chi connectivity index (χ1) is 10.5. The van der Waals surface area contributed by atoms with E-state index in [9.17, 15) is 15.0 Å². The summed E-state index contributed by atoms with van der Waals surface area (Å²) >= 11 is 7.44. The van der Waals surface area contributed by atoms with Crippen LogP contribution < -0.4 is 5.43 Å². The molecule has 0 spiro atoms. The third-order valence-corrected chi connectivity index (χ3v) is 4.70. The van der Waals surface area contributed by atoms with Crippen molar-refractivity contribution in [1.29, 1.82) is 0 Å². The molecule has 7 nitrogen and oxygen atoms in total. The number of nitrogens with one attached hydrogen (secondary N) is 2. The quantitative estimate of drug-likeness (QED) is 0.283. The molecule has 1 amide bonds. The summed E-state index contributed by atoms with van der Waals surface area (Å²) in [5.41, 5.74) is 3.24. The Morgan fingerprint density at radius 3 is 2.95 bits per heavy atom. The van der Waals surface area contributed by atoms with Gasteiger partial charge in [-0.25, -0.2) is 5.43 Å². The number of thioether (sulfide) groups is 1. The normalized spacial score (nSPS) is 11.4. The van der Waals surface area contributed by atoms with Crippen molar-refractivity contribution in [3.63, 3.8) is 0 Å². The first kappa shape index (κ1) is 16.5. The molecule has 1 aromatic heterocycles. The first-order valence-corrected chi connectivity index (χ1v) is 8.20. The highest BCUT2D eigenvalue weighted by Gasteiger charge is 2.08. The molecule has 2 aromatic rings. The van der Waals surface area contributed by atoms with E-state index in [4.69, 9.17) is 12.2 Å². The summed E-state index contributed by atoms with van der Waals surface area (Å²) in [6.45, 7) is 1.64. The Morgan fingerprint density at radius 1 is 1.55 bits per heavy atom. The van der Waals surface area contributed by atoms with Crippen LogP contribution in [0.5, 0.6) is 11.5 Å². The van der Waals surface area contributed by atoms with E-state index in [1.54, 1.807) is 6.92 Å². The fourth-order valence-corrected chi connectivity index (χ4v) is 3.34. The number of hydrogen-bond donors (Lipinski definition) is 4. The molecule has 116 valence electrons. The van der Waals surface area contributed by atoms with E-state index >= 15 is 0 Å². The fraction of sp³-hybridized carbons (Fsp3) is 0.167. The second-order valence-electron chi connectivity index (χ2n) is 4.10. The molecule has 0 unspecified atom stereocenters. The standard InChI is InChI=1S/C12H12N4O3S3/c1-6(8-3-2-7(17)4-9(8)18)13-14-10(19)5-21-12-16-15-11(20)22-12/h2-4,17-18H,5H2,1H3,(H,14,19)(H,15,20). The number of nitrogens with zero attached hydrogens (tertiary/aromatic N) is 2. The highest BCUT2D eigenvalue weighted by Crippen LogP contribution is 2.23. The van der Waals surface area contributed by atoms with Gasteiger partial charge in [0.2, 0.25) is 0 Å². The van der Waals surface area contributed by atoms with E-state index in [1.807, 2.05) is 0 Å². The molecule has 0 aliphatic rings. The van der Waals surface area contributed by atoms with Crippen molar-refractivity contribution < 1.29 is 15.0 Å². The van der Waals surface area contributed by atoms with Gasteiger partial charge in [-0.3, -0.25) is 9.89 Å². The molecule has 22 heavy (non-hydrogen) atoms. The number of aromatic nitrogens is 2. The smallest absolute Gasteiger partial charge is 0.250 e. The van der Waals surface area contributed by atoms with Gasteiger partial charge in [0, 0.05) is 11.6 Å². The topological polar surface area (TPSA) is 111 Å². The van der Waals surface area contributed by atoms with Gasteiger partial charge in [-0.05, 0) is 31.3 Å². The number of benzene rings is 1. The lowest BCUT2D eigenvalue weighted by molar-refractivity contribution is -0.118. The van der Waals surface area contributed by atoms with Crippen molar-refractivity contribution in [2.75, 3.05) is 5.75 Å². The minimum Gasteiger partial charge on any atom is -0.508 e. The molecule has 10 heteroatoms. The minimum atomic E-state index is -0.302. The van der Waals surface area contributed by atoms with Gasteiger partial charge in [-0.2, -0.15) is 10.2 Å². The summed E-state index contributed by atoms with van der Waals surface area (Å²) in [7, 11) is 0. The number of rotatable bonds is 5. The molecule has 0 fully saturated rings. The number of carbonyl (C=O) groups is 1. The molecule has 4 N–H and O–H groups in total. The summed E-state index contributed by atoms with van der Waals surface area (Å²) in [6, 6.07) is 4.15. The van der Waals surface area contributed by atoms with Crippen LogP contribution in [0.15, 0.2) is 27.6 Å². The van der Waals surface area contributed by atoms with Crippen molar-refractivity contribution in [3.8, 4) is 11.5 Å². The Bertz CT molecular complexity index is 769. The van der Waals surface area contributed by atoms with Gasteiger partial charge < -0.3 is 10.2 Å². The maximum atomic E-state index is 11.7. The van der Waals surface area contributed by atoms with Crippen molar-refractivity contribution in [1.82, 2.24) is 15.6 Å². The van der Waals surface area contributed by atoms with Gasteiger partial charge in [0.05, 0.1) is 11.5 Å². The van der Waals surface area contributed by atoms with Crippen molar-refractivity contribution in [3.05, 3.63) is 27.7 Å². The van der Waals surface area contributed by atoms with E-state index in [0.717, 1.165) is 0 Å². The van der Waals surface area contributed by atoms with Crippen LogP contribution in [0.25, 0.3) is 0 Å². The molecular formula is C12H12N4O3S3. The largest absolute Gasteiger partial charge is 0.508 e. The summed E-state index contributed by atoms with van der Waals surface area (Å²) in [4.78, 5) is 11.7. The molecule has 1 heterocycles. The van der Waals surface area contributed by atoms with Gasteiger partial charge in [0.1, 0.15) is 11.5 Å². The zero-order valence-electron chi connectivity index (χ0n) is 11.4. The fourth-order valence-electron chi connectivity index (χ4n) is 1.47. The maximum Gasteiger partial charge on any atom is 0.250 e. The third-order valence-electron chi connectivity index (χ3n) is 2.46. The van der Waals surface area contributed by atoms with Crippen LogP contribution in [-0.4, -0.2) is 37.8 Å². The molecule has 1 aromatic carbocycles. The molecular weight excluding hydrogens is 344 g/mol. The second-order valence-corrected chi connectivity index (χ2v) is 6.99. The highest BCUT2D eigenvalue weighted by atomic mass is 32.2. The molecule has 0 saturated heterocycles. The summed E-state index contributed by atoms with van der Waals surface area (Å²) in [5, 5.41) is 29.4. The van der Waals surface area contributed by atoms with E-state index in [1.165, 1.54) is 41.3 Å². The predicted octanol–water partition coefficient (Wildman–Crippen LogP) is 2.24. The number of hydrogen-bond acceptors (Lipinski definition) is 8. The monoisotopic (exact) mass is 356 g/mol. The van der Waals surface area contributed by atoms with Crippen LogP contribution in [-0.2, 0) is 4.79 Å². The van der Waals surface area contributed by atoms with E-state index < -0.39 is 0 Å². The number of carbonyl (C=O) groups excluding carboxylic acids is 1. The van der Waals surface area contributed by atoms with Crippen LogP contribution in [0, 0.1) is 3.95 Å². The van der Waals surface area contributed by atoms with Crippen LogP contribution in [0.2, 0.25) is 0 Å². The predicted molar refractivity (Wildman–Crippen MR) is 88.1 cm³/mol. The minimum absolute atomic E-state index is 0.0455. The number of phenols is 2. The lowest BCUT2D eigenvalue weighted by Crippen LogP contribution is -2.21. The van der Waals surface area contributed by atoms with Crippen LogP contribution in [0.4, 0.5) is 0 Å². The Labute approximate surface area is 139 Å². The molecule has 0 aliphatic carbocycles. The molecule has 2 rings (SSSR count).